The summed E-state index contributed by atoms with van der Waals surface area (Å²) in [6.07, 6.45) is -4.95. The molecule has 0 aliphatic heterocycles. The molecule has 0 bridgehead atoms. The fraction of sp³-hybridized carbons (Fsp3) is 0.125. The van der Waals surface area contributed by atoms with Crippen molar-refractivity contribution in [1.29, 1.82) is 0 Å². The van der Waals surface area contributed by atoms with E-state index in [1.165, 1.54) is 30.3 Å². The number of halogens is 5. The molecule has 4 rings (SSSR count). The number of fused-ring (bicyclic) bond motifs is 1. The van der Waals surface area contributed by atoms with Gasteiger partial charge < -0.3 is 13.9 Å². The van der Waals surface area contributed by atoms with Gasteiger partial charge in [-0.2, -0.15) is 13.2 Å². The molecule has 1 heterocycles. The molecule has 1 aromatic heterocycles. The monoisotopic (exact) mass is 494 g/mol. The normalized spacial score (nSPS) is 11.6. The van der Waals surface area contributed by atoms with Gasteiger partial charge in [0.25, 0.3) is 5.76 Å². The van der Waals surface area contributed by atoms with Crippen LogP contribution in [-0.2, 0) is 12.8 Å². The number of hydrogen-bond acceptors (Lipinski definition) is 4. The third kappa shape index (κ3) is 5.10. The van der Waals surface area contributed by atoms with Crippen molar-refractivity contribution in [2.75, 3.05) is 0 Å². The van der Waals surface area contributed by atoms with Crippen molar-refractivity contribution in [3.8, 4) is 17.2 Å². The Bertz CT molecular complexity index is 1400. The molecule has 0 spiro atoms. The van der Waals surface area contributed by atoms with E-state index in [-0.39, 0.29) is 29.1 Å². The lowest BCUT2D eigenvalue weighted by Crippen LogP contribution is -2.15. The van der Waals surface area contributed by atoms with Crippen LogP contribution in [0.1, 0.15) is 16.9 Å². The van der Waals surface area contributed by atoms with Crippen LogP contribution in [0.4, 0.5) is 13.2 Å². The van der Waals surface area contributed by atoms with Crippen LogP contribution in [0.5, 0.6) is 17.2 Å². The van der Waals surface area contributed by atoms with Gasteiger partial charge >= 0.3 is 6.18 Å². The Balaban J connectivity index is 1.71. The van der Waals surface area contributed by atoms with Crippen molar-refractivity contribution in [1.82, 2.24) is 0 Å². The second kappa shape index (κ2) is 9.00. The van der Waals surface area contributed by atoms with Crippen LogP contribution >= 0.6 is 23.2 Å². The highest BCUT2D eigenvalue weighted by molar-refractivity contribution is 6.42. The van der Waals surface area contributed by atoms with E-state index in [1.807, 2.05) is 0 Å². The first-order valence-corrected chi connectivity index (χ1v) is 10.4. The highest BCUT2D eigenvalue weighted by Crippen LogP contribution is 2.38. The molecule has 0 N–H and O–H groups in total. The summed E-state index contributed by atoms with van der Waals surface area (Å²) in [5.74, 6) is -2.15. The van der Waals surface area contributed by atoms with E-state index in [2.05, 4.69) is 0 Å². The van der Waals surface area contributed by atoms with Crippen molar-refractivity contribution in [2.24, 2.45) is 0 Å². The van der Waals surface area contributed by atoms with Gasteiger partial charge in [-0.05, 0) is 54.4 Å². The predicted molar refractivity (Wildman–Crippen MR) is 120 cm³/mol. The number of rotatable bonds is 5. The molecule has 0 aliphatic carbocycles. The fourth-order valence-corrected chi connectivity index (χ4v) is 3.44. The highest BCUT2D eigenvalue weighted by atomic mass is 35.5. The quantitative estimate of drug-likeness (QED) is 0.284. The summed E-state index contributed by atoms with van der Waals surface area (Å²) in [4.78, 5) is 12.9. The van der Waals surface area contributed by atoms with E-state index >= 15 is 0 Å². The van der Waals surface area contributed by atoms with Crippen LogP contribution in [0, 0.1) is 6.92 Å². The van der Waals surface area contributed by atoms with E-state index < -0.39 is 23.1 Å². The molecule has 9 heteroatoms. The lowest BCUT2D eigenvalue weighted by Gasteiger charge is -2.14. The fourth-order valence-electron chi connectivity index (χ4n) is 3.12. The number of aryl methyl sites for hydroxylation is 1. The van der Waals surface area contributed by atoms with E-state index in [0.717, 1.165) is 5.56 Å². The molecule has 4 nitrogen and oxygen atoms in total. The summed E-state index contributed by atoms with van der Waals surface area (Å²) in [5.41, 5.74) is 0.232. The second-order valence-corrected chi connectivity index (χ2v) is 8.02. The molecule has 170 valence electrons. The third-order valence-electron chi connectivity index (χ3n) is 4.68. The molecule has 0 amide bonds. The molecular formula is C24H15Cl2F3O4. The maximum absolute atomic E-state index is 13.7. The minimum Gasteiger partial charge on any atom is -0.489 e. The molecule has 0 radical (unpaired) electrons. The van der Waals surface area contributed by atoms with Gasteiger partial charge in [0.2, 0.25) is 11.2 Å². The summed E-state index contributed by atoms with van der Waals surface area (Å²) >= 11 is 11.9. The van der Waals surface area contributed by atoms with Crippen molar-refractivity contribution in [3.63, 3.8) is 0 Å². The van der Waals surface area contributed by atoms with Crippen LogP contribution in [-0.4, -0.2) is 0 Å². The average molecular weight is 495 g/mol. The number of alkyl halides is 3. The Morgan fingerprint density at radius 3 is 2.42 bits per heavy atom. The standard InChI is InChI=1S/C24H15Cl2F3O4/c1-13-3-2-4-16(9-13)32-22-21(30)17-7-6-15(11-20(17)33-23(22)24(27,28)29)31-12-14-5-8-18(25)19(26)10-14/h2-11H,12H2,1H3. The largest absolute Gasteiger partial charge is 0.489 e. The number of hydrogen-bond donors (Lipinski definition) is 0. The second-order valence-electron chi connectivity index (χ2n) is 7.20. The third-order valence-corrected chi connectivity index (χ3v) is 5.42. The summed E-state index contributed by atoms with van der Waals surface area (Å²) in [7, 11) is 0. The maximum atomic E-state index is 13.7. The van der Waals surface area contributed by atoms with Gasteiger partial charge in [-0.15, -0.1) is 0 Å². The maximum Gasteiger partial charge on any atom is 0.453 e. The SMILES string of the molecule is Cc1cccc(Oc2c(C(F)(F)F)oc3cc(OCc4ccc(Cl)c(Cl)c4)ccc3c2=O)c1. The molecule has 0 fully saturated rings. The van der Waals surface area contributed by atoms with Gasteiger partial charge in [0.15, 0.2) is 0 Å². The minimum absolute atomic E-state index is 0.0764. The van der Waals surface area contributed by atoms with Gasteiger partial charge in [0, 0.05) is 6.07 Å². The van der Waals surface area contributed by atoms with E-state index in [4.69, 9.17) is 37.1 Å². The van der Waals surface area contributed by atoms with Gasteiger partial charge in [-0.25, -0.2) is 0 Å². The van der Waals surface area contributed by atoms with Gasteiger partial charge in [-0.1, -0.05) is 41.4 Å². The van der Waals surface area contributed by atoms with Crippen LogP contribution in [0.15, 0.2) is 69.9 Å². The summed E-state index contributed by atoms with van der Waals surface area (Å²) in [5, 5.41) is 0.655. The first-order chi connectivity index (χ1) is 15.6. The molecule has 4 aromatic rings. The molecule has 33 heavy (non-hydrogen) atoms. The lowest BCUT2D eigenvalue weighted by molar-refractivity contribution is -0.154. The first kappa shape index (κ1) is 23.0. The summed E-state index contributed by atoms with van der Waals surface area (Å²) in [6, 6.07) is 15.3. The Hall–Kier alpha value is -3.16. The van der Waals surface area contributed by atoms with E-state index in [1.54, 1.807) is 37.3 Å². The summed E-state index contributed by atoms with van der Waals surface area (Å²) < 4.78 is 57.2. The minimum atomic E-state index is -4.95. The Morgan fingerprint density at radius 2 is 1.73 bits per heavy atom. The van der Waals surface area contributed by atoms with Gasteiger partial charge in [-0.3, -0.25) is 4.79 Å². The zero-order valence-corrected chi connectivity index (χ0v) is 18.5. The van der Waals surface area contributed by atoms with Crippen molar-refractivity contribution < 1.29 is 27.1 Å². The topological polar surface area (TPSA) is 48.7 Å². The summed E-state index contributed by atoms with van der Waals surface area (Å²) in [6.45, 7) is 1.83. The highest BCUT2D eigenvalue weighted by Gasteiger charge is 2.40. The Labute approximate surface area is 196 Å². The predicted octanol–water partition coefficient (Wildman–Crippen LogP) is 7.80. The molecule has 0 aliphatic rings. The Morgan fingerprint density at radius 1 is 0.939 bits per heavy atom. The van der Waals surface area contributed by atoms with Crippen LogP contribution in [0.2, 0.25) is 10.0 Å². The van der Waals surface area contributed by atoms with Gasteiger partial charge in [0.1, 0.15) is 23.7 Å². The molecular weight excluding hydrogens is 480 g/mol. The average Bonchev–Trinajstić information content (AvgIpc) is 2.75. The molecule has 0 saturated heterocycles. The molecule has 0 atom stereocenters. The van der Waals surface area contributed by atoms with Crippen molar-refractivity contribution in [3.05, 3.63) is 97.8 Å². The number of benzene rings is 3. The number of ether oxygens (including phenoxy) is 2. The van der Waals surface area contributed by atoms with Crippen LogP contribution in [0.25, 0.3) is 11.0 Å². The smallest absolute Gasteiger partial charge is 0.453 e. The Kier molecular flexibility index (Phi) is 6.28. The van der Waals surface area contributed by atoms with Crippen molar-refractivity contribution >= 4 is 34.2 Å². The van der Waals surface area contributed by atoms with E-state index in [0.29, 0.717) is 15.6 Å². The first-order valence-electron chi connectivity index (χ1n) is 9.61. The molecule has 0 unspecified atom stereocenters. The molecule has 3 aromatic carbocycles. The zero-order chi connectivity index (χ0) is 23.8. The lowest BCUT2D eigenvalue weighted by atomic mass is 10.2. The van der Waals surface area contributed by atoms with Crippen LogP contribution in [0.3, 0.4) is 0 Å². The molecule has 0 saturated carbocycles. The van der Waals surface area contributed by atoms with E-state index in [9.17, 15) is 18.0 Å². The van der Waals surface area contributed by atoms with Crippen molar-refractivity contribution in [2.45, 2.75) is 19.7 Å². The van der Waals surface area contributed by atoms with Crippen LogP contribution < -0.4 is 14.9 Å². The van der Waals surface area contributed by atoms with Gasteiger partial charge in [0.05, 0.1) is 15.4 Å². The zero-order valence-electron chi connectivity index (χ0n) is 17.0.